The van der Waals surface area contributed by atoms with Gasteiger partial charge >= 0.3 is 6.28 Å². The van der Waals surface area contributed by atoms with Crippen molar-refractivity contribution in [3.63, 3.8) is 0 Å². The predicted octanol–water partition coefficient (Wildman–Crippen LogP) is 6.27. The van der Waals surface area contributed by atoms with E-state index in [1.807, 2.05) is 0 Å². The summed E-state index contributed by atoms with van der Waals surface area (Å²) in [5.41, 5.74) is -8.83. The van der Waals surface area contributed by atoms with E-state index in [1.165, 1.54) is 13.0 Å². The summed E-state index contributed by atoms with van der Waals surface area (Å²) in [5.74, 6) is -46.7. The van der Waals surface area contributed by atoms with E-state index in [0.717, 1.165) is 18.2 Å². The van der Waals surface area contributed by atoms with Gasteiger partial charge in [-0.3, -0.25) is 0 Å². The van der Waals surface area contributed by atoms with Crippen LogP contribution in [0, 0.1) is 87.3 Å². The van der Waals surface area contributed by atoms with Gasteiger partial charge in [-0.1, -0.05) is 18.2 Å². The molecule has 1 atom stereocenters. The van der Waals surface area contributed by atoms with Gasteiger partial charge in [-0.2, -0.15) is 0 Å². The van der Waals surface area contributed by atoms with Crippen molar-refractivity contribution in [2.45, 2.75) is 12.8 Å². The van der Waals surface area contributed by atoms with Gasteiger partial charge in [0.25, 0.3) is 0 Å². The lowest BCUT2D eigenvalue weighted by Crippen LogP contribution is -2.78. The lowest BCUT2D eigenvalue weighted by molar-refractivity contribution is -0.279. The molecule has 1 aliphatic heterocycles. The molecule has 0 saturated carbocycles. The van der Waals surface area contributed by atoms with Crippen LogP contribution in [0.15, 0.2) is 24.3 Å². The number of hydrogen-bond donors (Lipinski definition) is 0. The fraction of sp³-hybridized carbons (Fsp3) is 0.0741. The molecule has 1 aliphatic rings. The topological polar surface area (TPSA) is 3.01 Å². The summed E-state index contributed by atoms with van der Waals surface area (Å²) in [6, 6.07) is 4.33. The van der Waals surface area contributed by atoms with Crippen LogP contribution in [0.2, 0.25) is 0 Å². The lowest BCUT2D eigenvalue weighted by atomic mass is 9.23. The van der Waals surface area contributed by atoms with E-state index in [-0.39, 0.29) is 10.0 Å². The standard InChI is InChI=1S/C27H9BF15N/c1-7-6-44(9-5-3-2-4-8(7)9)28(10-13(29)19(35)25(41)20(36)14(10)30,11-15(31)21(37)26(42)22(38)16(11)32)12-17(33)23(39)27(43)24(40)18(12)34/h2-7H,1H3. The minimum atomic E-state index is -5.87. The molecular formula is C27H9BF15N. The molecule has 4 aromatic carbocycles. The average Bonchev–Trinajstić information content (AvgIpc) is 3.35. The van der Waals surface area contributed by atoms with Gasteiger partial charge in [0, 0.05) is 11.6 Å². The maximum atomic E-state index is 15.7. The Bertz CT molecular complexity index is 1700. The van der Waals surface area contributed by atoms with Gasteiger partial charge in [-0.25, -0.2) is 65.9 Å². The molecule has 0 aliphatic carbocycles. The summed E-state index contributed by atoms with van der Waals surface area (Å²) in [6.45, 7) is 1.19. The maximum absolute atomic E-state index is 15.7. The van der Waals surface area contributed by atoms with E-state index >= 15 is 26.3 Å². The largest absolute Gasteiger partial charge is 0.411 e. The van der Waals surface area contributed by atoms with Crippen LogP contribution in [0.1, 0.15) is 18.4 Å². The lowest BCUT2D eigenvalue weighted by Gasteiger charge is -2.39. The van der Waals surface area contributed by atoms with Gasteiger partial charge in [-0.05, 0) is 23.3 Å². The number of fused-ring (bicyclic) bond motifs is 1. The summed E-state index contributed by atoms with van der Waals surface area (Å²) in [7, 11) is 0. The minimum absolute atomic E-state index is 0.0190. The third kappa shape index (κ3) is 3.83. The van der Waals surface area contributed by atoms with Crippen LogP contribution < -0.4 is 16.4 Å². The monoisotopic (exact) mass is 643 g/mol. The molecule has 5 rings (SSSR count). The Kier molecular flexibility index (Phi) is 7.28. The second-order valence-corrected chi connectivity index (χ2v) is 9.67. The minimum Gasteiger partial charge on any atom is -0.411 e. The van der Waals surface area contributed by atoms with Gasteiger partial charge in [0.05, 0.1) is 12.1 Å². The van der Waals surface area contributed by atoms with Crippen molar-refractivity contribution < 1.29 is 70.3 Å². The first kappa shape index (κ1) is 31.0. The fourth-order valence-electron chi connectivity index (χ4n) is 5.66. The molecule has 1 nitrogen and oxygen atoms in total. The molecule has 0 fully saturated rings. The second kappa shape index (κ2) is 10.3. The van der Waals surface area contributed by atoms with Crippen LogP contribution >= 0.6 is 0 Å². The van der Waals surface area contributed by atoms with Crippen molar-refractivity contribution in [3.8, 4) is 0 Å². The molecule has 1 heterocycles. The molecule has 0 saturated heterocycles. The van der Waals surface area contributed by atoms with Crippen LogP contribution in [-0.2, 0) is 0 Å². The first-order chi connectivity index (χ1) is 20.5. The summed E-state index contributed by atoms with van der Waals surface area (Å²) >= 11 is 0. The average molecular weight is 643 g/mol. The Hall–Kier alpha value is -4.44. The highest BCUT2D eigenvalue weighted by Gasteiger charge is 2.59. The van der Waals surface area contributed by atoms with Gasteiger partial charge in [0.15, 0.2) is 58.0 Å². The van der Waals surface area contributed by atoms with Gasteiger partial charge in [0.2, 0.25) is 0 Å². The molecule has 0 spiro atoms. The molecular weight excluding hydrogens is 634 g/mol. The first-order valence-electron chi connectivity index (χ1n) is 12.0. The Morgan fingerprint density at radius 2 is 0.705 bits per heavy atom. The Labute approximate surface area is 235 Å². The summed E-state index contributed by atoms with van der Waals surface area (Å²) in [5, 5.41) is 0. The molecule has 44 heavy (non-hydrogen) atoms. The van der Waals surface area contributed by atoms with Crippen LogP contribution in [-0.4, -0.2) is 17.0 Å². The van der Waals surface area contributed by atoms with Crippen molar-refractivity contribution >= 4 is 34.6 Å². The molecule has 0 radical (unpaired) electrons. The van der Waals surface area contributed by atoms with E-state index in [0.29, 0.717) is 6.21 Å². The van der Waals surface area contributed by atoms with Crippen molar-refractivity contribution in [2.75, 3.05) is 0 Å². The van der Waals surface area contributed by atoms with E-state index in [1.54, 1.807) is 0 Å². The van der Waals surface area contributed by atoms with Gasteiger partial charge < -0.3 is 4.49 Å². The smallest absolute Gasteiger partial charge is 0.377 e. The highest BCUT2D eigenvalue weighted by atomic mass is 19.2. The second-order valence-electron chi connectivity index (χ2n) is 9.67. The first-order valence-corrected chi connectivity index (χ1v) is 12.0. The molecule has 17 heteroatoms. The molecule has 0 bridgehead atoms. The van der Waals surface area contributed by atoms with Crippen molar-refractivity contribution in [1.82, 2.24) is 0 Å². The molecule has 4 aromatic rings. The Morgan fingerprint density at radius 3 is 1.02 bits per heavy atom. The third-order valence-corrected chi connectivity index (χ3v) is 7.49. The maximum Gasteiger partial charge on any atom is 0.377 e. The zero-order valence-electron chi connectivity index (χ0n) is 21.2. The number of para-hydroxylation sites is 1. The zero-order chi connectivity index (χ0) is 32.7. The number of hydrogen-bond acceptors (Lipinski definition) is 0. The fourth-order valence-corrected chi connectivity index (χ4v) is 5.66. The number of nitrogens with zero attached hydrogens (tertiary/aromatic N) is 1. The molecule has 230 valence electrons. The van der Waals surface area contributed by atoms with Crippen LogP contribution in [0.4, 0.5) is 71.5 Å². The summed E-state index contributed by atoms with van der Waals surface area (Å²) in [4.78, 5) is 0. The predicted molar refractivity (Wildman–Crippen MR) is 124 cm³/mol. The highest BCUT2D eigenvalue weighted by molar-refractivity contribution is 7.06. The van der Waals surface area contributed by atoms with Crippen molar-refractivity contribution in [3.05, 3.63) is 117 Å². The Morgan fingerprint density at radius 1 is 0.432 bits per heavy atom. The SMILES string of the molecule is CC1C=[N+]([B-](c2c(F)c(F)c(F)c(F)c2F)(c2c(F)c(F)c(F)c(F)c2F)c2c(F)c(F)c(F)c(F)c2F)c2ccccc21. The zero-order valence-corrected chi connectivity index (χ0v) is 21.2. The molecule has 0 aromatic heterocycles. The molecule has 0 N–H and O–H groups in total. The highest BCUT2D eigenvalue weighted by Crippen LogP contribution is 2.37. The quantitative estimate of drug-likeness (QED) is 0.107. The number of halogens is 15. The van der Waals surface area contributed by atoms with Crippen molar-refractivity contribution in [2.24, 2.45) is 0 Å². The van der Waals surface area contributed by atoms with Crippen LogP contribution in [0.25, 0.3) is 0 Å². The van der Waals surface area contributed by atoms with Crippen molar-refractivity contribution in [1.29, 1.82) is 0 Å². The third-order valence-electron chi connectivity index (χ3n) is 7.49. The van der Waals surface area contributed by atoms with E-state index in [9.17, 15) is 39.5 Å². The van der Waals surface area contributed by atoms with E-state index in [4.69, 9.17) is 0 Å². The van der Waals surface area contributed by atoms with E-state index in [2.05, 4.69) is 0 Å². The summed E-state index contributed by atoms with van der Waals surface area (Å²) in [6.07, 6.45) is -5.32. The molecule has 0 amide bonds. The van der Waals surface area contributed by atoms with Gasteiger partial charge in [-0.15, -0.1) is 0 Å². The summed E-state index contributed by atoms with van der Waals surface area (Å²) < 4.78 is 225. The van der Waals surface area contributed by atoms with Crippen LogP contribution in [0.3, 0.4) is 0 Å². The number of rotatable bonds is 4. The molecule has 1 unspecified atom stereocenters. The Balaban J connectivity index is 2.27. The van der Waals surface area contributed by atoms with E-state index < -0.39 is 122 Å². The van der Waals surface area contributed by atoms with Gasteiger partial charge in [0.1, 0.15) is 34.9 Å². The number of benzene rings is 4. The van der Waals surface area contributed by atoms with Crippen LogP contribution in [0.5, 0.6) is 0 Å². The normalized spacial score (nSPS) is 14.7.